The predicted octanol–water partition coefficient (Wildman–Crippen LogP) is 0.996. The first-order valence-corrected chi connectivity index (χ1v) is 3.31. The van der Waals surface area contributed by atoms with Crippen LogP contribution in [0.4, 0.5) is 0 Å². The smallest absolute Gasteiger partial charge is 0 e. The maximum atomic E-state index is 4.76. The Kier molecular flexibility index (Phi) is 22.8. The van der Waals surface area contributed by atoms with Crippen LogP contribution in [0.25, 0.3) is 0 Å². The van der Waals surface area contributed by atoms with Gasteiger partial charge in [0.15, 0.2) is 0 Å². The summed E-state index contributed by atoms with van der Waals surface area (Å²) in [5, 5.41) is 0. The van der Waals surface area contributed by atoms with Gasteiger partial charge in [0.05, 0.1) is 0 Å². The van der Waals surface area contributed by atoms with Gasteiger partial charge in [0.2, 0.25) is 0 Å². The Bertz CT molecular complexity index is 6.00. The standard InChI is InChI=1S/2ClH.Fe.K/h2*1H;;/q;;+2;/p-2. The molecule has 0 aliphatic carbocycles. The van der Waals surface area contributed by atoms with E-state index < -0.39 is 0 Å². The molecule has 1 radical (unpaired) electrons. The van der Waals surface area contributed by atoms with E-state index in [1.54, 1.807) is 0 Å². The summed E-state index contributed by atoms with van der Waals surface area (Å²) < 4.78 is 0. The molecule has 0 aliphatic rings. The normalized spacial score (nSPS) is 5.50. The Morgan fingerprint density at radius 1 is 1.25 bits per heavy atom. The van der Waals surface area contributed by atoms with Gasteiger partial charge in [-0.3, -0.25) is 0 Å². The molecule has 0 spiro atoms. The average Bonchev–Trinajstić information content (AvgIpc) is 0.918. The van der Waals surface area contributed by atoms with Crippen LogP contribution < -0.4 is 0 Å². The molecule has 0 bridgehead atoms. The Hall–Kier alpha value is 2.74. The molecule has 23 valence electrons. The molecular weight excluding hydrogens is 166 g/mol. The van der Waals surface area contributed by atoms with Crippen molar-refractivity contribution in [2.24, 2.45) is 0 Å². The van der Waals surface area contributed by atoms with Crippen LogP contribution >= 0.6 is 20.2 Å². The molecule has 0 rings (SSSR count). The Labute approximate surface area is 82.6 Å². The third-order valence-electron chi connectivity index (χ3n) is 0. The zero-order valence-corrected chi connectivity index (χ0v) is 7.85. The van der Waals surface area contributed by atoms with E-state index in [0.717, 1.165) is 0 Å². The molecule has 0 unspecified atom stereocenters. The Morgan fingerprint density at radius 2 is 1.25 bits per heavy atom. The fourth-order valence-corrected chi connectivity index (χ4v) is 0. The SMILES string of the molecule is [Cl][Fe][Cl].[K]. The molecule has 0 heterocycles. The molecule has 0 saturated carbocycles. The molecule has 0 aromatic rings. The maximum absolute atomic E-state index is 4.76. The largest absolute Gasteiger partial charge is 0 e. The van der Waals surface area contributed by atoms with Gasteiger partial charge in [0, 0.05) is 51.4 Å². The quantitative estimate of drug-likeness (QED) is 0.470. The van der Waals surface area contributed by atoms with E-state index in [2.05, 4.69) is 0 Å². The molecule has 0 saturated heterocycles. The molecule has 0 aromatic heterocycles. The van der Waals surface area contributed by atoms with Crippen LogP contribution in [0.1, 0.15) is 0 Å². The van der Waals surface area contributed by atoms with Gasteiger partial charge in [0.1, 0.15) is 0 Å². The molecule has 4 heteroatoms. The predicted molar refractivity (Wildman–Crippen MR) is 17.5 cm³/mol. The van der Waals surface area contributed by atoms with Gasteiger partial charge in [-0.25, -0.2) is 0 Å². The van der Waals surface area contributed by atoms with E-state index in [1.807, 2.05) is 0 Å². The summed E-state index contributed by atoms with van der Waals surface area (Å²) >= 11 is 0.194. The van der Waals surface area contributed by atoms with Crippen molar-refractivity contribution in [3.63, 3.8) is 0 Å². The minimum atomic E-state index is 0. The van der Waals surface area contributed by atoms with Gasteiger partial charge in [-0.2, -0.15) is 0 Å². The van der Waals surface area contributed by atoms with Gasteiger partial charge in [0.25, 0.3) is 0 Å². The van der Waals surface area contributed by atoms with Crippen LogP contribution in [-0.4, -0.2) is 51.4 Å². The molecule has 0 aromatic carbocycles. The van der Waals surface area contributed by atoms with Crippen molar-refractivity contribution < 1.29 is 13.1 Å². The van der Waals surface area contributed by atoms with Gasteiger partial charge >= 0.3 is 33.3 Å². The first-order valence-electron chi connectivity index (χ1n) is 0.267. The third kappa shape index (κ3) is 8.83. The number of halogens is 2. The van der Waals surface area contributed by atoms with Crippen LogP contribution in [0, 0.1) is 0 Å². The number of hydrogen-bond acceptors (Lipinski definition) is 0. The minimum absolute atomic E-state index is 0. The van der Waals surface area contributed by atoms with Crippen molar-refractivity contribution in [2.45, 2.75) is 0 Å². The fourth-order valence-electron chi connectivity index (χ4n) is 0. The average molecular weight is 166 g/mol. The molecule has 0 aliphatic heterocycles. The molecule has 0 amide bonds. The second-order valence-electron chi connectivity index (χ2n) is 0.0505. The van der Waals surface area contributed by atoms with E-state index in [9.17, 15) is 0 Å². The van der Waals surface area contributed by atoms with E-state index in [-0.39, 0.29) is 64.5 Å². The van der Waals surface area contributed by atoms with Crippen LogP contribution in [0.2, 0.25) is 0 Å². The van der Waals surface area contributed by atoms with Crippen molar-refractivity contribution in [3.8, 4) is 0 Å². The van der Waals surface area contributed by atoms with E-state index >= 15 is 0 Å². The summed E-state index contributed by atoms with van der Waals surface area (Å²) in [5.74, 6) is 0. The van der Waals surface area contributed by atoms with Gasteiger partial charge in [-0.15, -0.1) is 0 Å². The first kappa shape index (κ1) is 9.88. The monoisotopic (exact) mass is 165 g/mol. The molecular formula is Cl2FeK. The molecule has 0 fully saturated rings. The molecule has 0 N–H and O–H groups in total. The van der Waals surface area contributed by atoms with Gasteiger partial charge in [-0.1, -0.05) is 0 Å². The molecule has 0 atom stereocenters. The van der Waals surface area contributed by atoms with Crippen molar-refractivity contribution in [2.75, 3.05) is 0 Å². The van der Waals surface area contributed by atoms with Crippen LogP contribution in [-0.2, 0) is 13.1 Å². The summed E-state index contributed by atoms with van der Waals surface area (Å²) in [7, 11) is 9.53. The second kappa shape index (κ2) is 9.22. The Balaban J connectivity index is 0. The second-order valence-corrected chi connectivity index (χ2v) is 1.87. The summed E-state index contributed by atoms with van der Waals surface area (Å²) in [6.45, 7) is 0. The van der Waals surface area contributed by atoms with Crippen molar-refractivity contribution in [3.05, 3.63) is 0 Å². The van der Waals surface area contributed by atoms with Gasteiger partial charge < -0.3 is 0 Å². The fraction of sp³-hybridized carbons (Fsp3) is 0. The first-order chi connectivity index (χ1) is 1.41. The molecule has 0 nitrogen and oxygen atoms in total. The molecule has 4 heavy (non-hydrogen) atoms. The van der Waals surface area contributed by atoms with Crippen molar-refractivity contribution >= 4 is 71.6 Å². The number of hydrogen-bond donors (Lipinski definition) is 0. The van der Waals surface area contributed by atoms with E-state index in [4.69, 9.17) is 20.2 Å². The van der Waals surface area contributed by atoms with Crippen molar-refractivity contribution in [1.82, 2.24) is 0 Å². The zero-order chi connectivity index (χ0) is 2.71. The maximum Gasteiger partial charge on any atom is 0 e. The summed E-state index contributed by atoms with van der Waals surface area (Å²) in [5.41, 5.74) is 0. The zero-order valence-electron chi connectivity index (χ0n) is 2.11. The van der Waals surface area contributed by atoms with Crippen LogP contribution in [0.15, 0.2) is 0 Å². The van der Waals surface area contributed by atoms with E-state index in [0.29, 0.717) is 0 Å². The Morgan fingerprint density at radius 3 is 1.25 bits per heavy atom. The van der Waals surface area contributed by atoms with Gasteiger partial charge in [-0.05, 0) is 0 Å². The van der Waals surface area contributed by atoms with Crippen molar-refractivity contribution in [1.29, 1.82) is 0 Å². The topological polar surface area (TPSA) is 0 Å². The summed E-state index contributed by atoms with van der Waals surface area (Å²) in [6, 6.07) is 0. The summed E-state index contributed by atoms with van der Waals surface area (Å²) in [4.78, 5) is 0. The number of rotatable bonds is 0. The minimum Gasteiger partial charge on any atom is 0 e. The summed E-state index contributed by atoms with van der Waals surface area (Å²) in [6.07, 6.45) is 0. The van der Waals surface area contributed by atoms with Crippen LogP contribution in [0.5, 0.6) is 0 Å². The third-order valence-corrected chi connectivity index (χ3v) is 0. The van der Waals surface area contributed by atoms with E-state index in [1.165, 1.54) is 0 Å². The van der Waals surface area contributed by atoms with Crippen LogP contribution in [0.3, 0.4) is 0 Å².